The molecule has 0 aromatic heterocycles. The van der Waals surface area contributed by atoms with Gasteiger partial charge in [-0.15, -0.1) is 13.2 Å². The van der Waals surface area contributed by atoms with E-state index in [0.29, 0.717) is 0 Å². The van der Waals surface area contributed by atoms with Gasteiger partial charge < -0.3 is 4.74 Å². The van der Waals surface area contributed by atoms with Gasteiger partial charge >= 0.3 is 6.36 Å². The summed E-state index contributed by atoms with van der Waals surface area (Å²) in [5.74, 6) is 3.85. The van der Waals surface area contributed by atoms with Crippen molar-refractivity contribution < 1.29 is 22.7 Å². The lowest BCUT2D eigenvalue weighted by Crippen LogP contribution is -2.29. The topological polar surface area (TPSA) is 64.3 Å². The molecule has 82 valence electrons. The fraction of sp³-hybridized carbons (Fsp3) is 0.125. The van der Waals surface area contributed by atoms with Crippen LogP contribution in [-0.4, -0.2) is 12.3 Å². The number of carbonyl (C=O) groups is 1. The number of amides is 1. The number of hydrogen-bond acceptors (Lipinski definition) is 3. The quantitative estimate of drug-likeness (QED) is 0.447. The molecule has 1 aromatic carbocycles. The molecule has 0 aliphatic rings. The van der Waals surface area contributed by atoms with Crippen LogP contribution in [0.4, 0.5) is 13.2 Å². The van der Waals surface area contributed by atoms with Crippen molar-refractivity contribution in [2.45, 2.75) is 6.36 Å². The van der Waals surface area contributed by atoms with Crippen molar-refractivity contribution in [1.29, 1.82) is 0 Å². The van der Waals surface area contributed by atoms with Crippen LogP contribution in [0.3, 0.4) is 0 Å². The van der Waals surface area contributed by atoms with Crippen molar-refractivity contribution in [3.05, 3.63) is 29.8 Å². The van der Waals surface area contributed by atoms with Crippen LogP contribution < -0.4 is 16.0 Å². The molecular weight excluding hydrogens is 213 g/mol. The Morgan fingerprint density at radius 2 is 1.80 bits per heavy atom. The minimum absolute atomic E-state index is 0.145. The molecule has 15 heavy (non-hydrogen) atoms. The average molecular weight is 220 g/mol. The molecule has 1 amide bonds. The van der Waals surface area contributed by atoms with Crippen LogP contribution in [0.5, 0.6) is 5.75 Å². The van der Waals surface area contributed by atoms with Crippen molar-refractivity contribution in [2.75, 3.05) is 0 Å². The van der Waals surface area contributed by atoms with Gasteiger partial charge in [-0.3, -0.25) is 10.2 Å². The monoisotopic (exact) mass is 220 g/mol. The van der Waals surface area contributed by atoms with Crippen LogP contribution in [0.2, 0.25) is 0 Å². The highest BCUT2D eigenvalue weighted by Crippen LogP contribution is 2.22. The summed E-state index contributed by atoms with van der Waals surface area (Å²) in [7, 11) is 0. The van der Waals surface area contributed by atoms with Crippen molar-refractivity contribution >= 4 is 5.91 Å². The Morgan fingerprint density at radius 3 is 2.20 bits per heavy atom. The maximum atomic E-state index is 11.7. The van der Waals surface area contributed by atoms with Gasteiger partial charge in [-0.05, 0) is 24.3 Å². The van der Waals surface area contributed by atoms with Gasteiger partial charge in [0.2, 0.25) is 0 Å². The number of nitrogen functional groups attached to an aromatic ring is 1. The van der Waals surface area contributed by atoms with Crippen LogP contribution in [0.15, 0.2) is 24.3 Å². The van der Waals surface area contributed by atoms with Crippen molar-refractivity contribution in [1.82, 2.24) is 5.43 Å². The fourth-order valence-corrected chi connectivity index (χ4v) is 0.891. The zero-order valence-electron chi connectivity index (χ0n) is 7.34. The van der Waals surface area contributed by atoms with Gasteiger partial charge in [0.15, 0.2) is 0 Å². The summed E-state index contributed by atoms with van der Waals surface area (Å²) in [6.45, 7) is 0. The molecule has 0 aliphatic carbocycles. The van der Waals surface area contributed by atoms with Crippen LogP contribution in [0.25, 0.3) is 0 Å². The number of halogens is 3. The number of benzene rings is 1. The second kappa shape index (κ2) is 4.18. The van der Waals surface area contributed by atoms with Gasteiger partial charge in [-0.25, -0.2) is 5.84 Å². The third-order valence-corrected chi connectivity index (χ3v) is 1.48. The lowest BCUT2D eigenvalue weighted by atomic mass is 10.2. The number of carbonyl (C=O) groups excluding carboxylic acids is 1. The second-order valence-electron chi connectivity index (χ2n) is 2.55. The van der Waals surface area contributed by atoms with E-state index in [4.69, 9.17) is 5.84 Å². The zero-order valence-corrected chi connectivity index (χ0v) is 7.34. The average Bonchev–Trinajstić information content (AvgIpc) is 2.15. The van der Waals surface area contributed by atoms with E-state index < -0.39 is 18.0 Å². The molecule has 3 N–H and O–H groups in total. The first-order valence-corrected chi connectivity index (χ1v) is 3.79. The van der Waals surface area contributed by atoms with Crippen molar-refractivity contribution in [3.63, 3.8) is 0 Å². The van der Waals surface area contributed by atoms with Gasteiger partial charge in [-0.1, -0.05) is 0 Å². The predicted octanol–water partition coefficient (Wildman–Crippen LogP) is 1.19. The summed E-state index contributed by atoms with van der Waals surface area (Å²) < 4.78 is 38.8. The van der Waals surface area contributed by atoms with Crippen molar-refractivity contribution in [3.8, 4) is 5.75 Å². The molecule has 0 saturated heterocycles. The van der Waals surface area contributed by atoms with E-state index in [1.54, 1.807) is 0 Å². The Hall–Kier alpha value is -1.76. The van der Waals surface area contributed by atoms with Gasteiger partial charge in [0.05, 0.1) is 0 Å². The van der Waals surface area contributed by atoms with E-state index in [0.717, 1.165) is 12.1 Å². The molecule has 4 nitrogen and oxygen atoms in total. The SMILES string of the molecule is NNC(=O)c1ccc(OC(F)(F)F)cc1. The summed E-state index contributed by atoms with van der Waals surface area (Å²) in [5, 5.41) is 0. The standard InChI is InChI=1S/C8H7F3N2O2/c9-8(10,11)15-6-3-1-5(2-4-6)7(14)13-12/h1-4H,12H2,(H,13,14). The smallest absolute Gasteiger partial charge is 0.406 e. The second-order valence-corrected chi connectivity index (χ2v) is 2.55. The van der Waals surface area contributed by atoms with E-state index in [1.165, 1.54) is 12.1 Å². The van der Waals surface area contributed by atoms with Crippen LogP contribution >= 0.6 is 0 Å². The Bertz CT molecular complexity index is 348. The third-order valence-electron chi connectivity index (χ3n) is 1.48. The van der Waals surface area contributed by atoms with E-state index >= 15 is 0 Å². The molecule has 0 unspecified atom stereocenters. The first kappa shape index (κ1) is 11.3. The molecule has 7 heteroatoms. The summed E-state index contributed by atoms with van der Waals surface area (Å²) in [4.78, 5) is 10.9. The molecule has 0 heterocycles. The van der Waals surface area contributed by atoms with Gasteiger partial charge in [0.1, 0.15) is 5.75 Å². The maximum absolute atomic E-state index is 11.7. The van der Waals surface area contributed by atoms with Crippen molar-refractivity contribution in [2.24, 2.45) is 5.84 Å². The van der Waals surface area contributed by atoms with Crippen LogP contribution in [0, 0.1) is 0 Å². The first-order chi connectivity index (χ1) is 6.92. The Balaban J connectivity index is 2.77. The maximum Gasteiger partial charge on any atom is 0.573 e. The molecule has 0 aliphatic heterocycles. The van der Waals surface area contributed by atoms with E-state index in [2.05, 4.69) is 4.74 Å². The number of nitrogens with two attached hydrogens (primary N) is 1. The molecule has 1 aromatic rings. The van der Waals surface area contributed by atoms with E-state index in [1.807, 2.05) is 5.43 Å². The third kappa shape index (κ3) is 3.47. The molecule has 1 rings (SSSR count). The summed E-state index contributed by atoms with van der Waals surface area (Å²) >= 11 is 0. The summed E-state index contributed by atoms with van der Waals surface area (Å²) in [6.07, 6.45) is -4.74. The Kier molecular flexibility index (Phi) is 3.15. The Morgan fingerprint density at radius 1 is 1.27 bits per heavy atom. The Labute approximate surface area is 82.8 Å². The fourth-order valence-electron chi connectivity index (χ4n) is 0.891. The number of ether oxygens (including phenoxy) is 1. The molecule has 0 saturated carbocycles. The van der Waals surface area contributed by atoms with Gasteiger partial charge in [-0.2, -0.15) is 0 Å². The number of hydrazine groups is 1. The van der Waals surface area contributed by atoms with Crippen LogP contribution in [-0.2, 0) is 0 Å². The number of nitrogens with one attached hydrogen (secondary N) is 1. The van der Waals surface area contributed by atoms with E-state index in [9.17, 15) is 18.0 Å². The minimum Gasteiger partial charge on any atom is -0.406 e. The normalized spacial score (nSPS) is 10.9. The number of hydrogen-bond donors (Lipinski definition) is 2. The molecular formula is C8H7F3N2O2. The summed E-state index contributed by atoms with van der Waals surface area (Å²) in [5.41, 5.74) is 1.99. The highest BCUT2D eigenvalue weighted by atomic mass is 19.4. The number of alkyl halides is 3. The number of rotatable bonds is 2. The van der Waals surface area contributed by atoms with Crippen LogP contribution in [0.1, 0.15) is 10.4 Å². The first-order valence-electron chi connectivity index (χ1n) is 3.79. The molecule has 0 radical (unpaired) electrons. The zero-order chi connectivity index (χ0) is 11.5. The minimum atomic E-state index is -4.74. The summed E-state index contributed by atoms with van der Waals surface area (Å²) in [6, 6.07) is 4.39. The lowest BCUT2D eigenvalue weighted by molar-refractivity contribution is -0.274. The highest BCUT2D eigenvalue weighted by Gasteiger charge is 2.30. The lowest BCUT2D eigenvalue weighted by Gasteiger charge is -2.08. The van der Waals surface area contributed by atoms with E-state index in [-0.39, 0.29) is 5.56 Å². The molecule has 0 fully saturated rings. The molecule has 0 bridgehead atoms. The largest absolute Gasteiger partial charge is 0.573 e. The van der Waals surface area contributed by atoms with Gasteiger partial charge in [0, 0.05) is 5.56 Å². The van der Waals surface area contributed by atoms with Gasteiger partial charge in [0.25, 0.3) is 5.91 Å². The predicted molar refractivity (Wildman–Crippen MR) is 44.8 cm³/mol. The highest BCUT2D eigenvalue weighted by molar-refractivity contribution is 5.93. The molecule has 0 spiro atoms. The molecule has 0 atom stereocenters.